The highest BCUT2D eigenvalue weighted by atomic mass is 16.7. The van der Waals surface area contributed by atoms with Crippen molar-refractivity contribution >= 4 is 12.1 Å². The first kappa shape index (κ1) is 18.7. The van der Waals surface area contributed by atoms with Crippen molar-refractivity contribution in [3.05, 3.63) is 12.1 Å². The van der Waals surface area contributed by atoms with E-state index < -0.39 is 17.7 Å². The smallest absolute Gasteiger partial charge is 0.407 e. The third kappa shape index (κ3) is 7.44. The molecule has 0 fully saturated rings. The number of carbonyl (C=O) groups excluding carboxylic acids is 2. The number of rotatable bonds is 7. The van der Waals surface area contributed by atoms with E-state index in [1.165, 1.54) is 12.1 Å². The molecule has 0 aliphatic carbocycles. The molecule has 23 heavy (non-hydrogen) atoms. The normalized spacial score (nSPS) is 11.1. The van der Waals surface area contributed by atoms with Gasteiger partial charge in [0.2, 0.25) is 11.8 Å². The number of nitrogens with zero attached hydrogens (tertiary/aromatic N) is 1. The van der Waals surface area contributed by atoms with Crippen molar-refractivity contribution in [1.29, 1.82) is 0 Å². The molecule has 0 aliphatic heterocycles. The zero-order valence-electron chi connectivity index (χ0n) is 13.7. The quantitative estimate of drug-likeness (QED) is 0.660. The molecular formula is C15H24N2O6. The van der Waals surface area contributed by atoms with Crippen LogP contribution in [0.2, 0.25) is 0 Å². The molecule has 0 saturated heterocycles. The van der Waals surface area contributed by atoms with Crippen LogP contribution in [0.3, 0.4) is 0 Å². The fourth-order valence-corrected chi connectivity index (χ4v) is 1.72. The molecule has 1 rings (SSSR count). The second-order valence-electron chi connectivity index (χ2n) is 6.05. The maximum atomic E-state index is 11.6. The Morgan fingerprint density at radius 3 is 2.30 bits per heavy atom. The van der Waals surface area contributed by atoms with Gasteiger partial charge in [-0.3, -0.25) is 0 Å². The molecule has 1 heterocycles. The molecule has 8 nitrogen and oxygen atoms in total. The lowest BCUT2D eigenvalue weighted by molar-refractivity contribution is -0.145. The molecule has 8 heteroatoms. The van der Waals surface area contributed by atoms with Crippen LogP contribution in [0.1, 0.15) is 46.5 Å². The number of alkyl carbamates (subject to hydrolysis) is 1. The Balaban J connectivity index is 2.11. The van der Waals surface area contributed by atoms with Gasteiger partial charge in [0.05, 0.1) is 0 Å². The summed E-state index contributed by atoms with van der Waals surface area (Å²) in [5.74, 6) is -1.26. The molecule has 0 bridgehead atoms. The predicted octanol–water partition coefficient (Wildman–Crippen LogP) is 1.94. The largest absolute Gasteiger partial charge is 0.492 e. The lowest BCUT2D eigenvalue weighted by Crippen LogP contribution is -2.33. The van der Waals surface area contributed by atoms with Crippen LogP contribution in [0.25, 0.3) is 0 Å². The van der Waals surface area contributed by atoms with E-state index >= 15 is 0 Å². The standard InChI is InChI=1S/C15H24N2O6/c1-15(2,3)22-14(21)16-10-6-4-5-7-13(20)23-17-11(18)8-9-12(17)19/h8-9,18-19H,4-7,10H2,1-3H3,(H,16,21). The number of hydrogen-bond donors (Lipinski definition) is 3. The zero-order chi connectivity index (χ0) is 17.5. The van der Waals surface area contributed by atoms with Gasteiger partial charge in [-0.15, -0.1) is 4.73 Å². The van der Waals surface area contributed by atoms with Crippen molar-refractivity contribution in [2.75, 3.05) is 6.54 Å². The molecule has 0 spiro atoms. The van der Waals surface area contributed by atoms with Gasteiger partial charge in [0.1, 0.15) is 5.60 Å². The average Bonchev–Trinajstić information content (AvgIpc) is 2.72. The second-order valence-corrected chi connectivity index (χ2v) is 6.05. The minimum absolute atomic E-state index is 0.142. The molecule has 0 unspecified atom stereocenters. The Morgan fingerprint density at radius 2 is 1.74 bits per heavy atom. The number of unbranched alkanes of at least 4 members (excludes halogenated alkanes) is 2. The molecule has 1 amide bonds. The number of aromatic hydroxyl groups is 2. The van der Waals surface area contributed by atoms with Crippen molar-refractivity contribution in [1.82, 2.24) is 10.0 Å². The van der Waals surface area contributed by atoms with Gasteiger partial charge in [0.15, 0.2) is 0 Å². The maximum absolute atomic E-state index is 11.6. The first-order chi connectivity index (χ1) is 10.7. The van der Waals surface area contributed by atoms with Crippen molar-refractivity contribution in [3.63, 3.8) is 0 Å². The van der Waals surface area contributed by atoms with Gasteiger partial charge in [0.25, 0.3) is 0 Å². The number of ether oxygens (including phenoxy) is 1. The Kier molecular flexibility index (Phi) is 6.74. The molecule has 0 aromatic carbocycles. The van der Waals surface area contributed by atoms with E-state index in [9.17, 15) is 19.8 Å². The number of nitrogens with one attached hydrogen (secondary N) is 1. The molecule has 1 aromatic rings. The Morgan fingerprint density at radius 1 is 1.13 bits per heavy atom. The second kappa shape index (κ2) is 8.30. The number of amides is 1. The van der Waals surface area contributed by atoms with Crippen LogP contribution in [0, 0.1) is 0 Å². The van der Waals surface area contributed by atoms with Gasteiger partial charge >= 0.3 is 12.1 Å². The summed E-state index contributed by atoms with van der Waals surface area (Å²) in [6, 6.07) is 2.43. The highest BCUT2D eigenvalue weighted by Crippen LogP contribution is 2.19. The fourth-order valence-electron chi connectivity index (χ4n) is 1.72. The van der Waals surface area contributed by atoms with E-state index in [2.05, 4.69) is 5.32 Å². The van der Waals surface area contributed by atoms with Crippen LogP contribution in [-0.4, -0.2) is 39.2 Å². The first-order valence-corrected chi connectivity index (χ1v) is 7.47. The molecule has 1 aromatic heterocycles. The molecule has 130 valence electrons. The van der Waals surface area contributed by atoms with E-state index in [-0.39, 0.29) is 18.2 Å². The van der Waals surface area contributed by atoms with Gasteiger partial charge in [0, 0.05) is 25.1 Å². The summed E-state index contributed by atoms with van der Waals surface area (Å²) < 4.78 is 5.75. The van der Waals surface area contributed by atoms with Gasteiger partial charge in [-0.25, -0.2) is 9.59 Å². The fraction of sp³-hybridized carbons (Fsp3) is 0.600. The summed E-state index contributed by atoms with van der Waals surface area (Å²) >= 11 is 0. The van der Waals surface area contributed by atoms with Gasteiger partial charge in [-0.2, -0.15) is 0 Å². The highest BCUT2D eigenvalue weighted by molar-refractivity contribution is 5.69. The summed E-state index contributed by atoms with van der Waals surface area (Å²) in [5.41, 5.74) is -0.524. The van der Waals surface area contributed by atoms with Crippen LogP contribution < -0.4 is 10.2 Å². The maximum Gasteiger partial charge on any atom is 0.407 e. The lowest BCUT2D eigenvalue weighted by atomic mass is 10.2. The summed E-state index contributed by atoms with van der Waals surface area (Å²) in [5, 5.41) is 21.3. The third-order valence-electron chi connectivity index (χ3n) is 2.72. The Hall–Kier alpha value is -2.38. The van der Waals surface area contributed by atoms with Crippen molar-refractivity contribution in [3.8, 4) is 11.8 Å². The lowest BCUT2D eigenvalue weighted by Gasteiger charge is -2.19. The van der Waals surface area contributed by atoms with Crippen LogP contribution in [-0.2, 0) is 9.53 Å². The molecule has 0 radical (unpaired) electrons. The van der Waals surface area contributed by atoms with Crippen molar-refractivity contribution in [2.45, 2.75) is 52.1 Å². The topological polar surface area (TPSA) is 110 Å². The minimum Gasteiger partial charge on any atom is -0.492 e. The summed E-state index contributed by atoms with van der Waals surface area (Å²) in [6.07, 6.45) is 1.66. The van der Waals surface area contributed by atoms with Gasteiger partial charge in [-0.1, -0.05) is 6.42 Å². The monoisotopic (exact) mass is 328 g/mol. The van der Waals surface area contributed by atoms with Crippen LogP contribution in [0.4, 0.5) is 4.79 Å². The predicted molar refractivity (Wildman–Crippen MR) is 82.1 cm³/mol. The molecule has 0 aliphatic rings. The Bertz CT molecular complexity index is 513. The molecular weight excluding hydrogens is 304 g/mol. The average molecular weight is 328 g/mol. The summed E-state index contributed by atoms with van der Waals surface area (Å²) in [4.78, 5) is 27.7. The van der Waals surface area contributed by atoms with E-state index in [0.717, 1.165) is 0 Å². The number of aromatic nitrogens is 1. The van der Waals surface area contributed by atoms with E-state index in [1.807, 2.05) is 0 Å². The van der Waals surface area contributed by atoms with Gasteiger partial charge in [-0.05, 0) is 33.6 Å². The summed E-state index contributed by atoms with van der Waals surface area (Å²) in [6.45, 7) is 5.83. The third-order valence-corrected chi connectivity index (χ3v) is 2.72. The molecule has 0 saturated carbocycles. The van der Waals surface area contributed by atoms with Crippen LogP contribution >= 0.6 is 0 Å². The first-order valence-electron chi connectivity index (χ1n) is 7.47. The van der Waals surface area contributed by atoms with E-state index in [4.69, 9.17) is 9.57 Å². The van der Waals surface area contributed by atoms with Crippen LogP contribution in [0.5, 0.6) is 11.8 Å². The summed E-state index contributed by atoms with van der Waals surface area (Å²) in [7, 11) is 0. The molecule has 0 atom stereocenters. The SMILES string of the molecule is CC(C)(C)OC(=O)NCCCCCC(=O)On1c(O)ccc1O. The molecule has 3 N–H and O–H groups in total. The number of hydrogen-bond acceptors (Lipinski definition) is 6. The van der Waals surface area contributed by atoms with Gasteiger partial charge < -0.3 is 25.1 Å². The zero-order valence-corrected chi connectivity index (χ0v) is 13.7. The van der Waals surface area contributed by atoms with Crippen molar-refractivity contribution < 1.29 is 29.4 Å². The van der Waals surface area contributed by atoms with E-state index in [0.29, 0.717) is 30.5 Å². The Labute approximate surface area is 135 Å². The van der Waals surface area contributed by atoms with Crippen molar-refractivity contribution in [2.24, 2.45) is 0 Å². The highest BCUT2D eigenvalue weighted by Gasteiger charge is 2.15. The van der Waals surface area contributed by atoms with Crippen LogP contribution in [0.15, 0.2) is 12.1 Å². The minimum atomic E-state index is -0.563. The number of carbonyl (C=O) groups is 2. The van der Waals surface area contributed by atoms with E-state index in [1.54, 1.807) is 20.8 Å².